The molecule has 3 aromatic heterocycles. The third-order valence-corrected chi connectivity index (χ3v) is 12.6. The summed E-state index contributed by atoms with van der Waals surface area (Å²) in [6.45, 7) is 0. The van der Waals surface area contributed by atoms with Gasteiger partial charge in [-0.25, -0.2) is 15.0 Å². The molecule has 0 saturated carbocycles. The van der Waals surface area contributed by atoms with E-state index in [1.807, 2.05) is 84.9 Å². The molecule has 12 rings (SSSR count). The van der Waals surface area contributed by atoms with Gasteiger partial charge in [-0.2, -0.15) is 15.8 Å². The zero-order valence-corrected chi connectivity index (χ0v) is 36.2. The lowest BCUT2D eigenvalue weighted by atomic mass is 9.97. The molecule has 314 valence electrons. The SMILES string of the molecule is N#Cc1cc(C#N)cc(-c2cc(C#N)ccc2-n2c3ccccc3c3cc(-c4ccc(-n5c6ccccc6c6ccccc65)c(-c5nc(-c6ccccc6)nc(-c6ccccc6)n5)c4)ccc32)c1. The van der Waals surface area contributed by atoms with Crippen molar-refractivity contribution in [2.24, 2.45) is 0 Å². The van der Waals surface area contributed by atoms with Crippen LogP contribution in [0.3, 0.4) is 0 Å². The molecule has 0 amide bonds. The molecule has 0 atom stereocenters. The number of benzene rings is 9. The molecule has 0 aliphatic rings. The summed E-state index contributed by atoms with van der Waals surface area (Å²) < 4.78 is 4.52. The van der Waals surface area contributed by atoms with Crippen LogP contribution in [-0.2, 0) is 0 Å². The summed E-state index contributed by atoms with van der Waals surface area (Å²) in [6.07, 6.45) is 0. The van der Waals surface area contributed by atoms with Gasteiger partial charge < -0.3 is 9.13 Å². The van der Waals surface area contributed by atoms with Crippen molar-refractivity contribution in [3.63, 3.8) is 0 Å². The third-order valence-electron chi connectivity index (χ3n) is 12.6. The minimum atomic E-state index is 0.368. The fourth-order valence-corrected chi connectivity index (χ4v) is 9.56. The molecule has 0 aliphatic carbocycles. The number of fused-ring (bicyclic) bond motifs is 6. The summed E-state index contributed by atoms with van der Waals surface area (Å²) in [5.74, 6) is 1.70. The second-order valence-corrected chi connectivity index (χ2v) is 16.6. The van der Waals surface area contributed by atoms with Crippen LogP contribution in [0.1, 0.15) is 16.7 Å². The van der Waals surface area contributed by atoms with E-state index in [1.165, 1.54) is 0 Å². The van der Waals surface area contributed by atoms with Crippen molar-refractivity contribution in [3.05, 3.63) is 223 Å². The van der Waals surface area contributed by atoms with Crippen LogP contribution in [0.15, 0.2) is 206 Å². The number of hydrogen-bond acceptors (Lipinski definition) is 6. The van der Waals surface area contributed by atoms with Crippen LogP contribution in [-0.4, -0.2) is 24.1 Å². The lowest BCUT2D eigenvalue weighted by Gasteiger charge is -2.17. The van der Waals surface area contributed by atoms with Gasteiger partial charge in [-0.3, -0.25) is 0 Å². The first-order valence-electron chi connectivity index (χ1n) is 22.1. The fourth-order valence-electron chi connectivity index (χ4n) is 9.56. The zero-order chi connectivity index (χ0) is 45.7. The second kappa shape index (κ2) is 16.2. The van der Waals surface area contributed by atoms with E-state index in [0.29, 0.717) is 39.7 Å². The quantitative estimate of drug-likeness (QED) is 0.157. The molecule has 0 saturated heterocycles. The number of nitrogens with zero attached hydrogens (tertiary/aromatic N) is 8. The van der Waals surface area contributed by atoms with Gasteiger partial charge in [0.25, 0.3) is 0 Å². The fraction of sp³-hybridized carbons (Fsp3) is 0. The van der Waals surface area contributed by atoms with Crippen LogP contribution in [0, 0.1) is 34.0 Å². The van der Waals surface area contributed by atoms with Crippen molar-refractivity contribution in [2.75, 3.05) is 0 Å². The number of rotatable bonds is 7. The van der Waals surface area contributed by atoms with Gasteiger partial charge in [0.05, 0.1) is 68.3 Å². The van der Waals surface area contributed by atoms with Crippen LogP contribution in [0.5, 0.6) is 0 Å². The van der Waals surface area contributed by atoms with Gasteiger partial charge in [0.1, 0.15) is 0 Å². The van der Waals surface area contributed by atoms with Crippen LogP contribution >= 0.6 is 0 Å². The summed E-state index contributed by atoms with van der Waals surface area (Å²) in [6, 6.07) is 75.8. The van der Waals surface area contributed by atoms with Crippen molar-refractivity contribution in [1.82, 2.24) is 24.1 Å². The minimum absolute atomic E-state index is 0.368. The Morgan fingerprint density at radius 3 is 1.29 bits per heavy atom. The predicted molar refractivity (Wildman–Crippen MR) is 270 cm³/mol. The maximum absolute atomic E-state index is 10.0. The average molecular weight is 867 g/mol. The van der Waals surface area contributed by atoms with Gasteiger partial charge in [-0.1, -0.05) is 127 Å². The van der Waals surface area contributed by atoms with Gasteiger partial charge in [0.2, 0.25) is 0 Å². The van der Waals surface area contributed by atoms with Crippen molar-refractivity contribution < 1.29 is 0 Å². The zero-order valence-electron chi connectivity index (χ0n) is 36.2. The molecule has 12 aromatic rings. The lowest BCUT2D eigenvalue weighted by molar-refractivity contribution is 1.06. The number of hydrogen-bond donors (Lipinski definition) is 0. The Morgan fingerprint density at radius 2 is 0.735 bits per heavy atom. The minimum Gasteiger partial charge on any atom is -0.309 e. The molecule has 0 bridgehead atoms. The Bertz CT molecular complexity index is 3980. The van der Waals surface area contributed by atoms with Crippen molar-refractivity contribution in [1.29, 1.82) is 15.8 Å². The summed E-state index contributed by atoms with van der Waals surface area (Å²) in [4.78, 5) is 15.6. The number of nitriles is 3. The van der Waals surface area contributed by atoms with E-state index in [9.17, 15) is 15.8 Å². The number of para-hydroxylation sites is 3. The molecular weight excluding hydrogens is 833 g/mol. The normalized spacial score (nSPS) is 11.2. The Hall–Kier alpha value is -9.94. The van der Waals surface area contributed by atoms with E-state index in [4.69, 9.17) is 15.0 Å². The molecule has 68 heavy (non-hydrogen) atoms. The van der Waals surface area contributed by atoms with E-state index in [0.717, 1.165) is 88.4 Å². The van der Waals surface area contributed by atoms with Gasteiger partial charge >= 0.3 is 0 Å². The maximum atomic E-state index is 10.0. The summed E-state index contributed by atoms with van der Waals surface area (Å²) in [5.41, 5.74) is 13.0. The molecule has 0 unspecified atom stereocenters. The molecule has 9 aromatic carbocycles. The molecule has 0 aliphatic heterocycles. The largest absolute Gasteiger partial charge is 0.309 e. The number of aromatic nitrogens is 5. The van der Waals surface area contributed by atoms with E-state index < -0.39 is 0 Å². The highest BCUT2D eigenvalue weighted by Gasteiger charge is 2.22. The molecule has 0 N–H and O–H groups in total. The Morgan fingerprint density at radius 1 is 0.294 bits per heavy atom. The molecule has 3 heterocycles. The molecule has 0 radical (unpaired) electrons. The second-order valence-electron chi connectivity index (χ2n) is 16.6. The third kappa shape index (κ3) is 6.63. The van der Waals surface area contributed by atoms with Gasteiger partial charge in [0, 0.05) is 43.8 Å². The van der Waals surface area contributed by atoms with Crippen molar-refractivity contribution in [3.8, 4) is 86.0 Å². The van der Waals surface area contributed by atoms with E-state index >= 15 is 0 Å². The van der Waals surface area contributed by atoms with Crippen molar-refractivity contribution >= 4 is 43.6 Å². The van der Waals surface area contributed by atoms with Crippen molar-refractivity contribution in [2.45, 2.75) is 0 Å². The predicted octanol–water partition coefficient (Wildman–Crippen LogP) is 14.0. The Labute approximate surface area is 390 Å². The first kappa shape index (κ1) is 39.6. The van der Waals surface area contributed by atoms with Crippen LogP contribution in [0.2, 0.25) is 0 Å². The lowest BCUT2D eigenvalue weighted by Crippen LogP contribution is -2.04. The maximum Gasteiger partial charge on any atom is 0.166 e. The Balaban J connectivity index is 1.10. The first-order valence-corrected chi connectivity index (χ1v) is 22.1. The van der Waals surface area contributed by atoms with Gasteiger partial charge in [-0.05, 0) is 95.6 Å². The first-order chi connectivity index (χ1) is 33.6. The standard InChI is InChI=1S/C60H34N8/c61-35-38-23-26-55(49(32-38)45-30-39(36-62)29-40(31-45)37-63)68-54-22-12-9-19-48(54)50-33-43(24-27-56(50)68)44-25-28-57(67-52-20-10-7-17-46(52)47-18-8-11-21-53(47)67)51(34-44)60-65-58(41-13-3-1-4-14-41)64-59(66-60)42-15-5-2-6-16-42/h1-34H. The van der Waals surface area contributed by atoms with Crippen LogP contribution in [0.4, 0.5) is 0 Å². The molecular formula is C60H34N8. The summed E-state index contributed by atoms with van der Waals surface area (Å²) >= 11 is 0. The van der Waals surface area contributed by atoms with Crippen LogP contribution in [0.25, 0.3) is 111 Å². The summed E-state index contributed by atoms with van der Waals surface area (Å²) in [5, 5.41) is 34.2. The highest BCUT2D eigenvalue weighted by molar-refractivity contribution is 6.12. The monoisotopic (exact) mass is 866 g/mol. The topological polar surface area (TPSA) is 120 Å². The highest BCUT2D eigenvalue weighted by Crippen LogP contribution is 2.42. The van der Waals surface area contributed by atoms with E-state index in [-0.39, 0.29) is 0 Å². The van der Waals surface area contributed by atoms with Gasteiger partial charge in [0.15, 0.2) is 17.5 Å². The smallest absolute Gasteiger partial charge is 0.166 e. The molecule has 8 heteroatoms. The summed E-state index contributed by atoms with van der Waals surface area (Å²) in [7, 11) is 0. The van der Waals surface area contributed by atoms with Crippen LogP contribution < -0.4 is 0 Å². The molecule has 8 nitrogen and oxygen atoms in total. The van der Waals surface area contributed by atoms with E-state index in [1.54, 1.807) is 24.3 Å². The highest BCUT2D eigenvalue weighted by atomic mass is 15.1. The van der Waals surface area contributed by atoms with E-state index in [2.05, 4.69) is 124 Å². The molecule has 0 fully saturated rings. The average Bonchev–Trinajstić information content (AvgIpc) is 3.93. The molecule has 0 spiro atoms. The van der Waals surface area contributed by atoms with Gasteiger partial charge in [-0.15, -0.1) is 0 Å². The Kier molecular flexibility index (Phi) is 9.47.